The molecule has 130 valence electrons. The highest BCUT2D eigenvalue weighted by molar-refractivity contribution is 7.90. The Morgan fingerprint density at radius 1 is 0.923 bits per heavy atom. The number of aliphatic hydroxyl groups is 1. The number of carbonyl (C=O) groups is 1. The first kappa shape index (κ1) is 16.2. The first-order chi connectivity index (χ1) is 12.5. The number of aliphatic hydroxyl groups excluding tert-OH is 1. The molecule has 7 heteroatoms. The van der Waals surface area contributed by atoms with Crippen molar-refractivity contribution in [2.45, 2.75) is 4.90 Å². The van der Waals surface area contributed by atoms with Crippen LogP contribution < -0.4 is 10.0 Å². The summed E-state index contributed by atoms with van der Waals surface area (Å²) in [5.41, 5.74) is 0.179. The van der Waals surface area contributed by atoms with Crippen molar-refractivity contribution in [1.82, 2.24) is 4.72 Å². The summed E-state index contributed by atoms with van der Waals surface area (Å²) in [6.07, 6.45) is 0. The lowest BCUT2D eigenvalue weighted by molar-refractivity contribution is -0.113. The van der Waals surface area contributed by atoms with E-state index in [1.165, 1.54) is 6.07 Å². The minimum atomic E-state index is -4.02. The van der Waals surface area contributed by atoms with Crippen molar-refractivity contribution >= 4 is 38.1 Å². The minimum Gasteiger partial charge on any atom is -0.505 e. The molecule has 0 unspecified atom stereocenters. The van der Waals surface area contributed by atoms with Crippen LogP contribution in [0.3, 0.4) is 0 Å². The predicted octanol–water partition coefficient (Wildman–Crippen LogP) is 3.00. The van der Waals surface area contributed by atoms with Gasteiger partial charge in [-0.05, 0) is 23.6 Å². The highest BCUT2D eigenvalue weighted by Crippen LogP contribution is 2.35. The summed E-state index contributed by atoms with van der Waals surface area (Å²) in [5, 5.41) is 14.3. The van der Waals surface area contributed by atoms with E-state index in [0.29, 0.717) is 11.1 Å². The molecule has 0 radical (unpaired) electrons. The standard InChI is InChI=1S/C19H14N2O4S/c22-17-15-11-10-12-6-4-5-9-14(12)18(15)26(24,25)21-16(17)19(23)20-13-7-2-1-3-8-13/h1-11,21-22H,(H,20,23). The zero-order chi connectivity index (χ0) is 18.3. The molecule has 3 aromatic rings. The van der Waals surface area contributed by atoms with Gasteiger partial charge in [0.1, 0.15) is 4.90 Å². The number of benzene rings is 3. The number of carbonyl (C=O) groups excluding carboxylic acids is 1. The molecule has 3 aromatic carbocycles. The first-order valence-corrected chi connectivity index (χ1v) is 9.30. The van der Waals surface area contributed by atoms with Crippen molar-refractivity contribution in [2.75, 3.05) is 5.32 Å². The molecule has 0 saturated carbocycles. The van der Waals surface area contributed by atoms with Gasteiger partial charge in [0.15, 0.2) is 11.5 Å². The second-order valence-corrected chi connectivity index (χ2v) is 7.43. The number of rotatable bonds is 2. The van der Waals surface area contributed by atoms with Crippen LogP contribution in [0.5, 0.6) is 0 Å². The zero-order valence-electron chi connectivity index (χ0n) is 13.4. The number of hydrogen-bond donors (Lipinski definition) is 3. The molecule has 0 saturated heterocycles. The van der Waals surface area contributed by atoms with Crippen LogP contribution in [0, 0.1) is 0 Å². The van der Waals surface area contributed by atoms with Crippen molar-refractivity contribution in [3.8, 4) is 0 Å². The molecule has 1 heterocycles. The molecule has 1 aliphatic heterocycles. The molecule has 1 amide bonds. The number of fused-ring (bicyclic) bond motifs is 3. The Hall–Kier alpha value is -3.32. The molecule has 0 spiro atoms. The Morgan fingerprint density at radius 3 is 2.38 bits per heavy atom. The van der Waals surface area contributed by atoms with Gasteiger partial charge in [-0.3, -0.25) is 9.52 Å². The van der Waals surface area contributed by atoms with Gasteiger partial charge in [0.05, 0.1) is 0 Å². The normalized spacial score (nSPS) is 15.2. The number of sulfonamides is 1. The molecule has 4 rings (SSSR count). The lowest BCUT2D eigenvalue weighted by Crippen LogP contribution is -2.35. The highest BCUT2D eigenvalue weighted by atomic mass is 32.2. The molecule has 0 aromatic heterocycles. The van der Waals surface area contributed by atoms with E-state index in [9.17, 15) is 18.3 Å². The lowest BCUT2D eigenvalue weighted by Gasteiger charge is -2.22. The quantitative estimate of drug-likeness (QED) is 0.650. The van der Waals surface area contributed by atoms with E-state index in [1.54, 1.807) is 60.7 Å². The molecular formula is C19H14N2O4S. The number of para-hydroxylation sites is 1. The van der Waals surface area contributed by atoms with Crippen molar-refractivity contribution < 1.29 is 18.3 Å². The van der Waals surface area contributed by atoms with Crippen LogP contribution >= 0.6 is 0 Å². The van der Waals surface area contributed by atoms with Crippen LogP contribution in [0.2, 0.25) is 0 Å². The third kappa shape index (κ3) is 2.58. The second kappa shape index (κ2) is 5.89. The van der Waals surface area contributed by atoms with Gasteiger partial charge in [0, 0.05) is 16.6 Å². The SMILES string of the molecule is O=C(Nc1ccccc1)C1=C(O)c2ccc3ccccc3c2S(=O)(=O)N1. The van der Waals surface area contributed by atoms with Crippen LogP contribution in [0.15, 0.2) is 77.3 Å². The van der Waals surface area contributed by atoms with Crippen LogP contribution in [-0.4, -0.2) is 19.4 Å². The Kier molecular flexibility index (Phi) is 3.66. The molecule has 0 bridgehead atoms. The molecule has 1 aliphatic rings. The van der Waals surface area contributed by atoms with Crippen LogP contribution in [0.1, 0.15) is 5.56 Å². The van der Waals surface area contributed by atoms with Gasteiger partial charge in [-0.1, -0.05) is 48.5 Å². The van der Waals surface area contributed by atoms with E-state index in [-0.39, 0.29) is 10.5 Å². The van der Waals surface area contributed by atoms with Crippen molar-refractivity contribution in [2.24, 2.45) is 0 Å². The van der Waals surface area contributed by atoms with E-state index in [2.05, 4.69) is 10.0 Å². The number of anilines is 1. The fraction of sp³-hybridized carbons (Fsp3) is 0. The molecule has 6 nitrogen and oxygen atoms in total. The Morgan fingerprint density at radius 2 is 1.62 bits per heavy atom. The molecular weight excluding hydrogens is 352 g/mol. The molecule has 0 atom stereocenters. The summed E-state index contributed by atoms with van der Waals surface area (Å²) in [5.74, 6) is -1.15. The van der Waals surface area contributed by atoms with E-state index in [4.69, 9.17) is 0 Å². The van der Waals surface area contributed by atoms with Crippen LogP contribution in [0.4, 0.5) is 5.69 Å². The van der Waals surface area contributed by atoms with Gasteiger partial charge in [-0.25, -0.2) is 8.42 Å². The predicted molar refractivity (Wildman–Crippen MR) is 98.9 cm³/mol. The average Bonchev–Trinajstić information content (AvgIpc) is 2.64. The lowest BCUT2D eigenvalue weighted by atomic mass is 10.0. The Bertz CT molecular complexity index is 1170. The maximum Gasteiger partial charge on any atom is 0.276 e. The van der Waals surface area contributed by atoms with Crippen LogP contribution in [-0.2, 0) is 14.8 Å². The first-order valence-electron chi connectivity index (χ1n) is 7.82. The summed E-state index contributed by atoms with van der Waals surface area (Å²) in [7, 11) is -4.02. The summed E-state index contributed by atoms with van der Waals surface area (Å²) < 4.78 is 27.7. The topological polar surface area (TPSA) is 95.5 Å². The van der Waals surface area contributed by atoms with Crippen molar-refractivity contribution in [3.63, 3.8) is 0 Å². The van der Waals surface area contributed by atoms with Crippen LogP contribution in [0.25, 0.3) is 16.5 Å². The third-order valence-corrected chi connectivity index (χ3v) is 5.59. The van der Waals surface area contributed by atoms with Crippen molar-refractivity contribution in [3.05, 3.63) is 78.0 Å². The van der Waals surface area contributed by atoms with E-state index < -0.39 is 27.4 Å². The number of nitrogens with one attached hydrogen (secondary N) is 2. The average molecular weight is 366 g/mol. The van der Waals surface area contributed by atoms with Gasteiger partial charge < -0.3 is 10.4 Å². The smallest absolute Gasteiger partial charge is 0.276 e. The second-order valence-electron chi connectivity index (χ2n) is 5.81. The minimum absolute atomic E-state index is 0.0376. The summed E-state index contributed by atoms with van der Waals surface area (Å²) in [4.78, 5) is 12.4. The fourth-order valence-corrected chi connectivity index (χ4v) is 4.45. The van der Waals surface area contributed by atoms with Gasteiger partial charge in [0.25, 0.3) is 15.9 Å². The molecule has 3 N–H and O–H groups in total. The van der Waals surface area contributed by atoms with Gasteiger partial charge in [-0.2, -0.15) is 0 Å². The largest absolute Gasteiger partial charge is 0.505 e. The summed E-state index contributed by atoms with van der Waals surface area (Å²) in [6, 6.07) is 18.7. The van der Waals surface area contributed by atoms with Crippen molar-refractivity contribution in [1.29, 1.82) is 0 Å². The highest BCUT2D eigenvalue weighted by Gasteiger charge is 2.34. The van der Waals surface area contributed by atoms with Gasteiger partial charge >= 0.3 is 0 Å². The fourth-order valence-electron chi connectivity index (χ4n) is 2.96. The number of amides is 1. The summed E-state index contributed by atoms with van der Waals surface area (Å²) in [6.45, 7) is 0. The number of hydrogen-bond acceptors (Lipinski definition) is 4. The maximum atomic E-state index is 12.8. The molecule has 26 heavy (non-hydrogen) atoms. The molecule has 0 aliphatic carbocycles. The zero-order valence-corrected chi connectivity index (χ0v) is 14.2. The Balaban J connectivity index is 1.86. The molecule has 0 fully saturated rings. The van der Waals surface area contributed by atoms with E-state index in [0.717, 1.165) is 5.39 Å². The van der Waals surface area contributed by atoms with Gasteiger partial charge in [0.2, 0.25) is 0 Å². The maximum absolute atomic E-state index is 12.8. The third-order valence-electron chi connectivity index (χ3n) is 4.14. The van der Waals surface area contributed by atoms with E-state index >= 15 is 0 Å². The monoisotopic (exact) mass is 366 g/mol. The summed E-state index contributed by atoms with van der Waals surface area (Å²) >= 11 is 0. The Labute approximate surface area is 149 Å². The van der Waals surface area contributed by atoms with Gasteiger partial charge in [-0.15, -0.1) is 0 Å². The van der Waals surface area contributed by atoms with E-state index in [1.807, 2.05) is 0 Å².